The summed E-state index contributed by atoms with van der Waals surface area (Å²) in [4.78, 5) is 41.6. The number of anilines is 1. The van der Waals surface area contributed by atoms with E-state index in [-0.39, 0.29) is 28.9 Å². The van der Waals surface area contributed by atoms with Gasteiger partial charge in [-0.05, 0) is 23.6 Å². The Hall–Kier alpha value is -2.89. The molecule has 25 heavy (non-hydrogen) atoms. The lowest BCUT2D eigenvalue weighted by Crippen LogP contribution is -2.49. The van der Waals surface area contributed by atoms with Gasteiger partial charge in [-0.2, -0.15) is 0 Å². The van der Waals surface area contributed by atoms with Gasteiger partial charge in [-0.1, -0.05) is 38.5 Å². The lowest BCUT2D eigenvalue weighted by Gasteiger charge is -2.32. The van der Waals surface area contributed by atoms with Gasteiger partial charge in [0.05, 0.1) is 0 Å². The molecule has 0 aliphatic carbocycles. The SMILES string of the molecule is CCC(C)C1C(=O)Nc2ccccc2CN1C(=O)c1cc[nH]c(=O)c1. The highest BCUT2D eigenvalue weighted by Gasteiger charge is 2.36. The van der Waals surface area contributed by atoms with Crippen molar-refractivity contribution in [3.63, 3.8) is 0 Å². The fourth-order valence-electron chi connectivity index (χ4n) is 3.14. The van der Waals surface area contributed by atoms with E-state index in [4.69, 9.17) is 0 Å². The molecule has 6 nitrogen and oxygen atoms in total. The molecule has 0 radical (unpaired) electrons. The van der Waals surface area contributed by atoms with Crippen LogP contribution in [0.1, 0.15) is 36.2 Å². The van der Waals surface area contributed by atoms with Crippen LogP contribution >= 0.6 is 0 Å². The molecule has 0 fully saturated rings. The number of aromatic amines is 1. The highest BCUT2D eigenvalue weighted by molar-refractivity contribution is 6.02. The third kappa shape index (κ3) is 3.33. The molecule has 6 heteroatoms. The Bertz CT molecular complexity index is 859. The fraction of sp³-hybridized carbons (Fsp3) is 0.316. The number of nitrogens with one attached hydrogen (secondary N) is 2. The van der Waals surface area contributed by atoms with Crippen LogP contribution in [0.4, 0.5) is 5.69 Å². The van der Waals surface area contributed by atoms with Crippen molar-refractivity contribution in [2.24, 2.45) is 5.92 Å². The second-order valence-electron chi connectivity index (χ2n) is 6.35. The normalized spacial score (nSPS) is 18.1. The van der Waals surface area contributed by atoms with Gasteiger partial charge < -0.3 is 15.2 Å². The van der Waals surface area contributed by atoms with Crippen LogP contribution in [0.2, 0.25) is 0 Å². The van der Waals surface area contributed by atoms with Crippen LogP contribution in [-0.2, 0) is 11.3 Å². The number of pyridine rings is 1. The smallest absolute Gasteiger partial charge is 0.255 e. The number of aromatic nitrogens is 1. The summed E-state index contributed by atoms with van der Waals surface area (Å²) in [5.74, 6) is -0.527. The number of rotatable bonds is 3. The quantitative estimate of drug-likeness (QED) is 0.901. The number of fused-ring (bicyclic) bond motifs is 1. The molecule has 0 saturated heterocycles. The molecule has 0 saturated carbocycles. The maximum absolute atomic E-state index is 13.1. The summed E-state index contributed by atoms with van der Waals surface area (Å²) in [6, 6.07) is 9.70. The molecule has 2 heterocycles. The average molecular weight is 339 g/mol. The predicted octanol–water partition coefficient (Wildman–Crippen LogP) is 2.38. The molecule has 1 aromatic heterocycles. The number of benzene rings is 1. The number of H-pyrrole nitrogens is 1. The molecule has 2 aromatic rings. The highest BCUT2D eigenvalue weighted by atomic mass is 16.2. The standard InChI is InChI=1S/C19H21N3O3/c1-3-12(2)17-18(24)21-15-7-5-4-6-14(15)11-22(17)19(25)13-8-9-20-16(23)10-13/h4-10,12,17H,3,11H2,1-2H3,(H,20,23)(H,21,24). The molecular formula is C19H21N3O3. The zero-order valence-electron chi connectivity index (χ0n) is 14.3. The van der Waals surface area contributed by atoms with Crippen molar-refractivity contribution in [2.45, 2.75) is 32.9 Å². The van der Waals surface area contributed by atoms with Crippen LogP contribution in [0.25, 0.3) is 0 Å². The Balaban J connectivity index is 2.06. The number of para-hydroxylation sites is 1. The minimum Gasteiger partial charge on any atom is -0.329 e. The predicted molar refractivity (Wildman–Crippen MR) is 95.3 cm³/mol. The molecule has 130 valence electrons. The van der Waals surface area contributed by atoms with Crippen molar-refractivity contribution in [3.05, 3.63) is 64.1 Å². The van der Waals surface area contributed by atoms with Crippen LogP contribution in [0, 0.1) is 5.92 Å². The molecule has 1 aliphatic heterocycles. The maximum Gasteiger partial charge on any atom is 0.255 e. The fourth-order valence-corrected chi connectivity index (χ4v) is 3.14. The highest BCUT2D eigenvalue weighted by Crippen LogP contribution is 2.28. The van der Waals surface area contributed by atoms with Crippen LogP contribution in [-0.4, -0.2) is 27.7 Å². The zero-order valence-corrected chi connectivity index (χ0v) is 14.3. The second kappa shape index (κ2) is 6.93. The summed E-state index contributed by atoms with van der Waals surface area (Å²) in [6.07, 6.45) is 2.20. The van der Waals surface area contributed by atoms with Gasteiger partial charge >= 0.3 is 0 Å². The van der Waals surface area contributed by atoms with E-state index >= 15 is 0 Å². The summed E-state index contributed by atoms with van der Waals surface area (Å²) >= 11 is 0. The monoisotopic (exact) mass is 339 g/mol. The number of nitrogens with zero attached hydrogens (tertiary/aromatic N) is 1. The molecule has 2 atom stereocenters. The molecular weight excluding hydrogens is 318 g/mol. The van der Waals surface area contributed by atoms with E-state index < -0.39 is 6.04 Å². The van der Waals surface area contributed by atoms with Gasteiger partial charge in [-0.25, -0.2) is 0 Å². The van der Waals surface area contributed by atoms with Crippen LogP contribution < -0.4 is 10.9 Å². The van der Waals surface area contributed by atoms with Gasteiger partial charge in [-0.3, -0.25) is 14.4 Å². The average Bonchev–Trinajstić information content (AvgIpc) is 2.76. The van der Waals surface area contributed by atoms with E-state index in [9.17, 15) is 14.4 Å². The number of hydrogen-bond donors (Lipinski definition) is 2. The van der Waals surface area contributed by atoms with E-state index in [1.54, 1.807) is 11.0 Å². The molecule has 2 unspecified atom stereocenters. The van der Waals surface area contributed by atoms with Crippen molar-refractivity contribution in [3.8, 4) is 0 Å². The van der Waals surface area contributed by atoms with Crippen molar-refractivity contribution >= 4 is 17.5 Å². The van der Waals surface area contributed by atoms with Gasteiger partial charge in [-0.15, -0.1) is 0 Å². The molecule has 0 bridgehead atoms. The van der Waals surface area contributed by atoms with Gasteiger partial charge in [0.25, 0.3) is 5.91 Å². The van der Waals surface area contributed by atoms with Gasteiger partial charge in [0, 0.05) is 30.1 Å². The molecule has 1 aromatic carbocycles. The summed E-state index contributed by atoms with van der Waals surface area (Å²) in [6.45, 7) is 4.26. The van der Waals surface area contributed by atoms with E-state index in [1.807, 2.05) is 38.1 Å². The van der Waals surface area contributed by atoms with E-state index in [1.165, 1.54) is 12.3 Å². The summed E-state index contributed by atoms with van der Waals surface area (Å²) < 4.78 is 0. The van der Waals surface area contributed by atoms with Gasteiger partial charge in [0.1, 0.15) is 6.04 Å². The Morgan fingerprint density at radius 1 is 1.28 bits per heavy atom. The van der Waals surface area contributed by atoms with Gasteiger partial charge in [0.2, 0.25) is 11.5 Å². The first-order chi connectivity index (χ1) is 12.0. The van der Waals surface area contributed by atoms with Crippen molar-refractivity contribution < 1.29 is 9.59 Å². The van der Waals surface area contributed by atoms with Gasteiger partial charge in [0.15, 0.2) is 0 Å². The lowest BCUT2D eigenvalue weighted by molar-refractivity contribution is -0.122. The zero-order chi connectivity index (χ0) is 18.0. The minimum absolute atomic E-state index is 0.0136. The lowest BCUT2D eigenvalue weighted by atomic mass is 9.96. The van der Waals surface area contributed by atoms with Crippen molar-refractivity contribution in [1.29, 1.82) is 0 Å². The van der Waals surface area contributed by atoms with E-state index in [0.29, 0.717) is 6.54 Å². The summed E-state index contributed by atoms with van der Waals surface area (Å²) in [7, 11) is 0. The Labute approximate surface area is 145 Å². The third-order valence-electron chi connectivity index (χ3n) is 4.69. The van der Waals surface area contributed by atoms with Crippen LogP contribution in [0.15, 0.2) is 47.4 Å². The largest absolute Gasteiger partial charge is 0.329 e. The maximum atomic E-state index is 13.1. The number of carbonyl (C=O) groups excluding carboxylic acids is 2. The Kier molecular flexibility index (Phi) is 4.70. The minimum atomic E-state index is -0.593. The Morgan fingerprint density at radius 2 is 2.04 bits per heavy atom. The molecule has 1 aliphatic rings. The first-order valence-corrected chi connectivity index (χ1v) is 8.39. The van der Waals surface area contributed by atoms with Crippen molar-refractivity contribution in [1.82, 2.24) is 9.88 Å². The molecule has 2 N–H and O–H groups in total. The molecule has 2 amide bonds. The van der Waals surface area contributed by atoms with Crippen LogP contribution in [0.5, 0.6) is 0 Å². The van der Waals surface area contributed by atoms with E-state index in [0.717, 1.165) is 17.7 Å². The summed E-state index contributed by atoms with van der Waals surface area (Å²) in [5, 5.41) is 2.93. The number of hydrogen-bond acceptors (Lipinski definition) is 3. The number of amides is 2. The van der Waals surface area contributed by atoms with Crippen molar-refractivity contribution in [2.75, 3.05) is 5.32 Å². The second-order valence-corrected chi connectivity index (χ2v) is 6.35. The Morgan fingerprint density at radius 3 is 2.76 bits per heavy atom. The van der Waals surface area contributed by atoms with E-state index in [2.05, 4.69) is 10.3 Å². The topological polar surface area (TPSA) is 82.3 Å². The third-order valence-corrected chi connectivity index (χ3v) is 4.69. The summed E-state index contributed by atoms with van der Waals surface area (Å²) in [5.41, 5.74) is 1.54. The van der Waals surface area contributed by atoms with Crippen LogP contribution in [0.3, 0.4) is 0 Å². The first kappa shape index (κ1) is 17.0. The molecule has 0 spiro atoms. The first-order valence-electron chi connectivity index (χ1n) is 8.39. The molecule has 3 rings (SSSR count). The number of carbonyl (C=O) groups is 2.